The van der Waals surface area contributed by atoms with Crippen LogP contribution in [0.25, 0.3) is 0 Å². The maximum Gasteiger partial charge on any atom is 0.235 e. The zero-order valence-electron chi connectivity index (χ0n) is 14.8. The number of aromatic nitrogens is 4. The maximum atomic E-state index is 13.9. The highest BCUT2D eigenvalue weighted by Crippen LogP contribution is 2.29. The number of methoxy groups -OCH3 is 2. The van der Waals surface area contributed by atoms with Crippen LogP contribution in [0.5, 0.6) is 11.5 Å². The third-order valence-corrected chi connectivity index (χ3v) is 4.04. The van der Waals surface area contributed by atoms with E-state index in [2.05, 4.69) is 25.9 Å². The normalized spacial score (nSPS) is 11.7. The number of para-hydroxylation sites is 1. The van der Waals surface area contributed by atoms with E-state index in [9.17, 15) is 9.18 Å². The zero-order valence-corrected chi connectivity index (χ0v) is 14.8. The highest BCUT2D eigenvalue weighted by Gasteiger charge is 2.27. The average molecular weight is 371 g/mol. The molecule has 0 aliphatic rings. The molecule has 0 aliphatic heterocycles. The third-order valence-electron chi connectivity index (χ3n) is 4.04. The second kappa shape index (κ2) is 8.26. The van der Waals surface area contributed by atoms with Crippen molar-refractivity contribution in [3.05, 3.63) is 59.7 Å². The first-order valence-corrected chi connectivity index (χ1v) is 8.12. The number of nitrogens with one attached hydrogen (secondary N) is 2. The van der Waals surface area contributed by atoms with Gasteiger partial charge in [0.2, 0.25) is 5.91 Å². The first-order chi connectivity index (χ1) is 13.1. The van der Waals surface area contributed by atoms with Gasteiger partial charge in [0.25, 0.3) is 0 Å². The number of carbonyl (C=O) groups excluding carboxylic acids is 1. The second-order valence-corrected chi connectivity index (χ2v) is 5.67. The van der Waals surface area contributed by atoms with E-state index in [0.717, 1.165) is 5.56 Å². The molecule has 8 nitrogen and oxygen atoms in total. The number of anilines is 1. The van der Waals surface area contributed by atoms with E-state index in [4.69, 9.17) is 9.47 Å². The number of hydrogen-bond donors (Lipinski definition) is 2. The topological polar surface area (TPSA) is 102 Å². The molecule has 2 N–H and O–H groups in total. The fraction of sp³-hybridized carbons (Fsp3) is 0.222. The minimum absolute atomic E-state index is 0.0812. The highest BCUT2D eigenvalue weighted by molar-refractivity contribution is 5.95. The monoisotopic (exact) mass is 371 g/mol. The largest absolute Gasteiger partial charge is 0.497 e. The molecule has 0 aliphatic carbocycles. The SMILES string of the molecule is COc1ccc(CC(C(=O)Nc2ccccc2F)c2nn[nH]n2)c(OC)c1. The van der Waals surface area contributed by atoms with Crippen LogP contribution >= 0.6 is 0 Å². The van der Waals surface area contributed by atoms with Crippen LogP contribution in [0, 0.1) is 5.82 Å². The number of rotatable bonds is 7. The summed E-state index contributed by atoms with van der Waals surface area (Å²) in [7, 11) is 3.08. The Morgan fingerprint density at radius 2 is 2.04 bits per heavy atom. The van der Waals surface area contributed by atoms with Crippen molar-refractivity contribution in [1.29, 1.82) is 0 Å². The van der Waals surface area contributed by atoms with E-state index in [1.54, 1.807) is 37.4 Å². The summed E-state index contributed by atoms with van der Waals surface area (Å²) in [5, 5.41) is 16.3. The molecule has 0 radical (unpaired) electrons. The molecule has 1 unspecified atom stereocenters. The Balaban J connectivity index is 1.89. The molecule has 3 rings (SSSR count). The van der Waals surface area contributed by atoms with E-state index in [1.807, 2.05) is 0 Å². The Kier molecular flexibility index (Phi) is 5.60. The fourth-order valence-electron chi connectivity index (χ4n) is 2.64. The van der Waals surface area contributed by atoms with E-state index in [-0.39, 0.29) is 17.9 Å². The van der Waals surface area contributed by atoms with Crippen LogP contribution in [0.3, 0.4) is 0 Å². The lowest BCUT2D eigenvalue weighted by atomic mass is 9.96. The average Bonchev–Trinajstić information content (AvgIpc) is 3.22. The lowest BCUT2D eigenvalue weighted by Crippen LogP contribution is -2.24. The van der Waals surface area contributed by atoms with Crippen LogP contribution < -0.4 is 14.8 Å². The number of ether oxygens (including phenoxy) is 2. The number of nitrogens with zero attached hydrogens (tertiary/aromatic N) is 3. The predicted octanol–water partition coefficient (Wildman–Crippen LogP) is 2.32. The molecular weight excluding hydrogens is 353 g/mol. The molecule has 0 spiro atoms. The number of benzene rings is 2. The molecule has 1 heterocycles. The standard InChI is InChI=1S/C18H18FN5O3/c1-26-12-8-7-11(16(10-12)27-2)9-13(17-21-23-24-22-17)18(25)20-15-6-4-3-5-14(15)19/h3-8,10,13H,9H2,1-2H3,(H,20,25)(H,21,22,23,24). The van der Waals surface area contributed by atoms with Gasteiger partial charge in [-0.3, -0.25) is 4.79 Å². The molecular formula is C18H18FN5O3. The van der Waals surface area contributed by atoms with E-state index < -0.39 is 17.6 Å². The molecule has 9 heteroatoms. The minimum Gasteiger partial charge on any atom is -0.497 e. The summed E-state index contributed by atoms with van der Waals surface area (Å²) in [6, 6.07) is 11.2. The quantitative estimate of drug-likeness (QED) is 0.661. The number of halogens is 1. The number of carbonyl (C=O) groups is 1. The van der Waals surface area contributed by atoms with Crippen LogP contribution in [0.1, 0.15) is 17.3 Å². The van der Waals surface area contributed by atoms with Gasteiger partial charge in [-0.05, 0) is 30.2 Å². The molecule has 0 bridgehead atoms. The summed E-state index contributed by atoms with van der Waals surface area (Å²) in [6.45, 7) is 0. The van der Waals surface area contributed by atoms with Gasteiger partial charge in [0.1, 0.15) is 23.2 Å². The van der Waals surface area contributed by atoms with Crippen molar-refractivity contribution >= 4 is 11.6 Å². The van der Waals surface area contributed by atoms with E-state index >= 15 is 0 Å². The molecule has 3 aromatic rings. The lowest BCUT2D eigenvalue weighted by Gasteiger charge is -2.16. The van der Waals surface area contributed by atoms with Gasteiger partial charge < -0.3 is 14.8 Å². The van der Waals surface area contributed by atoms with Gasteiger partial charge in [-0.2, -0.15) is 5.21 Å². The smallest absolute Gasteiger partial charge is 0.235 e. The van der Waals surface area contributed by atoms with E-state index in [1.165, 1.54) is 19.2 Å². The summed E-state index contributed by atoms with van der Waals surface area (Å²) in [6.07, 6.45) is 0.229. The molecule has 1 amide bonds. The third kappa shape index (κ3) is 4.20. The van der Waals surface area contributed by atoms with Gasteiger partial charge in [0.05, 0.1) is 19.9 Å². The van der Waals surface area contributed by atoms with Crippen molar-refractivity contribution in [1.82, 2.24) is 20.6 Å². The van der Waals surface area contributed by atoms with Crippen molar-refractivity contribution in [2.45, 2.75) is 12.3 Å². The number of amides is 1. The maximum absolute atomic E-state index is 13.9. The van der Waals surface area contributed by atoms with Crippen LogP contribution in [0.2, 0.25) is 0 Å². The van der Waals surface area contributed by atoms with E-state index in [0.29, 0.717) is 11.5 Å². The second-order valence-electron chi connectivity index (χ2n) is 5.67. The van der Waals surface area contributed by atoms with Gasteiger partial charge in [0, 0.05) is 6.07 Å². The van der Waals surface area contributed by atoms with Crippen molar-refractivity contribution in [2.24, 2.45) is 0 Å². The molecule has 1 aromatic heterocycles. The first kappa shape index (κ1) is 18.3. The van der Waals surface area contributed by atoms with Crippen LogP contribution in [-0.2, 0) is 11.2 Å². The summed E-state index contributed by atoms with van der Waals surface area (Å²) in [4.78, 5) is 12.8. The number of hydrogen-bond acceptors (Lipinski definition) is 6. The number of tetrazole rings is 1. The highest BCUT2D eigenvalue weighted by atomic mass is 19.1. The van der Waals surface area contributed by atoms with Crippen molar-refractivity contribution in [3.8, 4) is 11.5 Å². The first-order valence-electron chi connectivity index (χ1n) is 8.12. The lowest BCUT2D eigenvalue weighted by molar-refractivity contribution is -0.117. The Labute approximate surface area is 154 Å². The summed E-state index contributed by atoms with van der Waals surface area (Å²) in [5.74, 6) is -0.407. The van der Waals surface area contributed by atoms with Gasteiger partial charge in [-0.25, -0.2) is 4.39 Å². The number of H-pyrrole nitrogens is 1. The molecule has 1 atom stereocenters. The van der Waals surface area contributed by atoms with Crippen molar-refractivity contribution in [3.63, 3.8) is 0 Å². The minimum atomic E-state index is -0.800. The van der Waals surface area contributed by atoms with Gasteiger partial charge >= 0.3 is 0 Å². The fourth-order valence-corrected chi connectivity index (χ4v) is 2.64. The molecule has 27 heavy (non-hydrogen) atoms. The van der Waals surface area contributed by atoms with Gasteiger partial charge in [-0.15, -0.1) is 10.2 Å². The Hall–Kier alpha value is -3.49. The predicted molar refractivity (Wildman–Crippen MR) is 95.2 cm³/mol. The molecule has 0 fully saturated rings. The van der Waals surface area contributed by atoms with Gasteiger partial charge in [0.15, 0.2) is 5.82 Å². The van der Waals surface area contributed by atoms with Crippen molar-refractivity contribution in [2.75, 3.05) is 19.5 Å². The van der Waals surface area contributed by atoms with Crippen LogP contribution in [-0.4, -0.2) is 40.8 Å². The molecule has 2 aromatic carbocycles. The molecule has 0 saturated carbocycles. The van der Waals surface area contributed by atoms with Crippen LogP contribution in [0.15, 0.2) is 42.5 Å². The Bertz CT molecular complexity index is 917. The van der Waals surface area contributed by atoms with Gasteiger partial charge in [-0.1, -0.05) is 23.4 Å². The zero-order chi connectivity index (χ0) is 19.2. The van der Waals surface area contributed by atoms with Crippen molar-refractivity contribution < 1.29 is 18.7 Å². The summed E-state index contributed by atoms with van der Waals surface area (Å²) in [5.41, 5.74) is 0.828. The van der Waals surface area contributed by atoms with Crippen LogP contribution in [0.4, 0.5) is 10.1 Å². The Morgan fingerprint density at radius 1 is 1.22 bits per heavy atom. The molecule has 140 valence electrons. The summed E-state index contributed by atoms with van der Waals surface area (Å²) < 4.78 is 24.5. The Morgan fingerprint density at radius 3 is 2.70 bits per heavy atom. The summed E-state index contributed by atoms with van der Waals surface area (Å²) >= 11 is 0. The molecule has 0 saturated heterocycles. The number of aromatic amines is 1.